The second-order valence-electron chi connectivity index (χ2n) is 4.07. The standard InChI is InChI=1S/C13H13ClN2O3/c1-8-4-2-3-5-9(8)16-12(18)10(14)11(13(16)19)15-6-7-17/h2-5,15,17H,6-7H2,1H3. The van der Waals surface area contributed by atoms with Gasteiger partial charge in [-0.3, -0.25) is 9.59 Å². The maximum absolute atomic E-state index is 12.2. The number of para-hydroxylation sites is 1. The van der Waals surface area contributed by atoms with E-state index in [9.17, 15) is 9.59 Å². The van der Waals surface area contributed by atoms with Crippen LogP contribution in [-0.4, -0.2) is 30.1 Å². The molecule has 0 fully saturated rings. The van der Waals surface area contributed by atoms with E-state index >= 15 is 0 Å². The molecule has 0 aliphatic carbocycles. The predicted molar refractivity (Wildman–Crippen MR) is 71.6 cm³/mol. The van der Waals surface area contributed by atoms with E-state index < -0.39 is 11.8 Å². The van der Waals surface area contributed by atoms with Crippen LogP contribution in [0, 0.1) is 6.92 Å². The highest BCUT2D eigenvalue weighted by Crippen LogP contribution is 2.29. The van der Waals surface area contributed by atoms with Gasteiger partial charge < -0.3 is 10.4 Å². The Bertz CT molecular complexity index is 569. The van der Waals surface area contributed by atoms with Crippen molar-refractivity contribution in [2.45, 2.75) is 6.92 Å². The maximum atomic E-state index is 12.2. The lowest BCUT2D eigenvalue weighted by atomic mass is 10.2. The molecule has 100 valence electrons. The normalized spacial score (nSPS) is 15.4. The molecule has 0 radical (unpaired) electrons. The molecule has 0 atom stereocenters. The fourth-order valence-corrected chi connectivity index (χ4v) is 2.10. The van der Waals surface area contributed by atoms with Crippen molar-refractivity contribution in [2.24, 2.45) is 0 Å². The molecule has 19 heavy (non-hydrogen) atoms. The van der Waals surface area contributed by atoms with Crippen LogP contribution in [0.5, 0.6) is 0 Å². The molecule has 0 saturated carbocycles. The number of halogens is 1. The van der Waals surface area contributed by atoms with E-state index in [1.807, 2.05) is 19.1 Å². The topological polar surface area (TPSA) is 69.6 Å². The molecule has 1 aromatic rings. The molecule has 0 unspecified atom stereocenters. The summed E-state index contributed by atoms with van der Waals surface area (Å²) in [5, 5.41) is 11.3. The highest BCUT2D eigenvalue weighted by Gasteiger charge is 2.39. The summed E-state index contributed by atoms with van der Waals surface area (Å²) >= 11 is 5.88. The Hall–Kier alpha value is -1.85. The molecule has 2 amide bonds. The van der Waals surface area contributed by atoms with Crippen LogP contribution < -0.4 is 10.2 Å². The van der Waals surface area contributed by atoms with Crippen LogP contribution in [0.3, 0.4) is 0 Å². The van der Waals surface area contributed by atoms with Crippen molar-refractivity contribution in [3.63, 3.8) is 0 Å². The van der Waals surface area contributed by atoms with Crippen molar-refractivity contribution in [1.82, 2.24) is 5.32 Å². The zero-order valence-electron chi connectivity index (χ0n) is 10.3. The first-order valence-corrected chi connectivity index (χ1v) is 6.14. The number of carbonyl (C=O) groups is 2. The Labute approximate surface area is 115 Å². The van der Waals surface area contributed by atoms with Gasteiger partial charge in [-0.05, 0) is 18.6 Å². The molecule has 1 aliphatic rings. The summed E-state index contributed by atoms with van der Waals surface area (Å²) in [4.78, 5) is 25.3. The first-order chi connectivity index (χ1) is 9.07. The number of imide groups is 1. The molecule has 2 rings (SSSR count). The van der Waals surface area contributed by atoms with Crippen molar-refractivity contribution in [3.05, 3.63) is 40.6 Å². The fourth-order valence-electron chi connectivity index (χ4n) is 1.87. The minimum absolute atomic E-state index is 0.0315. The molecule has 0 bridgehead atoms. The van der Waals surface area contributed by atoms with Gasteiger partial charge in [0.25, 0.3) is 11.8 Å². The molecule has 0 saturated heterocycles. The molecule has 1 aliphatic heterocycles. The number of hydrogen-bond acceptors (Lipinski definition) is 4. The Morgan fingerprint density at radius 1 is 1.26 bits per heavy atom. The number of nitrogens with zero attached hydrogens (tertiary/aromatic N) is 1. The summed E-state index contributed by atoms with van der Waals surface area (Å²) in [6.45, 7) is 1.81. The van der Waals surface area contributed by atoms with Gasteiger partial charge in [-0.2, -0.15) is 0 Å². The Morgan fingerprint density at radius 2 is 1.95 bits per heavy atom. The lowest BCUT2D eigenvalue weighted by Gasteiger charge is -2.17. The fraction of sp³-hybridized carbons (Fsp3) is 0.231. The number of aryl methyl sites for hydroxylation is 1. The second-order valence-corrected chi connectivity index (χ2v) is 4.45. The summed E-state index contributed by atoms with van der Waals surface area (Å²) in [7, 11) is 0. The number of carbonyl (C=O) groups excluding carboxylic acids is 2. The van der Waals surface area contributed by atoms with Crippen LogP contribution in [0.1, 0.15) is 5.56 Å². The molecule has 5 nitrogen and oxygen atoms in total. The average molecular weight is 281 g/mol. The van der Waals surface area contributed by atoms with Gasteiger partial charge in [-0.25, -0.2) is 4.90 Å². The largest absolute Gasteiger partial charge is 0.395 e. The molecule has 1 aromatic carbocycles. The van der Waals surface area contributed by atoms with Gasteiger partial charge in [0.05, 0.1) is 12.3 Å². The number of aliphatic hydroxyl groups is 1. The van der Waals surface area contributed by atoms with Crippen LogP contribution in [0.15, 0.2) is 35.0 Å². The predicted octanol–water partition coefficient (Wildman–Crippen LogP) is 0.901. The minimum Gasteiger partial charge on any atom is -0.395 e. The number of anilines is 1. The van der Waals surface area contributed by atoms with Crippen molar-refractivity contribution >= 4 is 29.1 Å². The van der Waals surface area contributed by atoms with E-state index in [4.69, 9.17) is 16.7 Å². The number of hydrogen-bond donors (Lipinski definition) is 2. The third-order valence-electron chi connectivity index (χ3n) is 2.80. The van der Waals surface area contributed by atoms with Gasteiger partial charge in [0, 0.05) is 6.54 Å². The summed E-state index contributed by atoms with van der Waals surface area (Å²) in [5.41, 5.74) is 1.34. The van der Waals surface area contributed by atoms with Crippen molar-refractivity contribution in [1.29, 1.82) is 0 Å². The van der Waals surface area contributed by atoms with Gasteiger partial charge in [-0.15, -0.1) is 0 Å². The molecular formula is C13H13ClN2O3. The average Bonchev–Trinajstić information content (AvgIpc) is 2.60. The van der Waals surface area contributed by atoms with Crippen LogP contribution in [0.4, 0.5) is 5.69 Å². The quantitative estimate of drug-likeness (QED) is 0.804. The first-order valence-electron chi connectivity index (χ1n) is 5.77. The Kier molecular flexibility index (Phi) is 3.87. The van der Waals surface area contributed by atoms with Crippen molar-refractivity contribution in [3.8, 4) is 0 Å². The van der Waals surface area contributed by atoms with Crippen LogP contribution in [0.25, 0.3) is 0 Å². The molecule has 6 heteroatoms. The van der Waals surface area contributed by atoms with E-state index in [1.165, 1.54) is 0 Å². The van der Waals surface area contributed by atoms with E-state index in [0.717, 1.165) is 10.5 Å². The number of aliphatic hydroxyl groups excluding tert-OH is 1. The first kappa shape index (κ1) is 13.6. The monoisotopic (exact) mass is 280 g/mol. The Balaban J connectivity index is 2.35. The number of amides is 2. The molecule has 2 N–H and O–H groups in total. The minimum atomic E-state index is -0.554. The summed E-state index contributed by atoms with van der Waals surface area (Å²) in [5.74, 6) is -1.06. The second kappa shape index (κ2) is 5.42. The summed E-state index contributed by atoms with van der Waals surface area (Å²) < 4.78 is 0. The Morgan fingerprint density at radius 3 is 2.58 bits per heavy atom. The third-order valence-corrected chi connectivity index (χ3v) is 3.15. The maximum Gasteiger partial charge on any atom is 0.283 e. The highest BCUT2D eigenvalue weighted by molar-refractivity contribution is 6.52. The van der Waals surface area contributed by atoms with E-state index in [0.29, 0.717) is 5.69 Å². The zero-order chi connectivity index (χ0) is 14.0. The van der Waals surface area contributed by atoms with Crippen LogP contribution in [0.2, 0.25) is 0 Å². The van der Waals surface area contributed by atoms with Gasteiger partial charge in [0.1, 0.15) is 10.7 Å². The summed E-state index contributed by atoms with van der Waals surface area (Å²) in [6, 6.07) is 7.06. The molecule has 0 spiro atoms. The number of benzene rings is 1. The SMILES string of the molecule is Cc1ccccc1N1C(=O)C(Cl)=C(NCCO)C1=O. The third kappa shape index (κ3) is 2.34. The lowest BCUT2D eigenvalue weighted by molar-refractivity contribution is -0.120. The zero-order valence-corrected chi connectivity index (χ0v) is 11.1. The van der Waals surface area contributed by atoms with E-state index in [2.05, 4.69) is 5.32 Å². The van der Waals surface area contributed by atoms with Gasteiger partial charge in [0.15, 0.2) is 0 Å². The highest BCUT2D eigenvalue weighted by atomic mass is 35.5. The lowest BCUT2D eigenvalue weighted by Crippen LogP contribution is -2.34. The van der Waals surface area contributed by atoms with Crippen molar-refractivity contribution < 1.29 is 14.7 Å². The van der Waals surface area contributed by atoms with Crippen molar-refractivity contribution in [2.75, 3.05) is 18.1 Å². The molecule has 0 aromatic heterocycles. The summed E-state index contributed by atoms with van der Waals surface area (Å²) in [6.07, 6.45) is 0. The molecule has 1 heterocycles. The molecular weight excluding hydrogens is 268 g/mol. The smallest absolute Gasteiger partial charge is 0.283 e. The van der Waals surface area contributed by atoms with Crippen LogP contribution in [-0.2, 0) is 9.59 Å². The number of nitrogens with one attached hydrogen (secondary N) is 1. The van der Waals surface area contributed by atoms with Gasteiger partial charge >= 0.3 is 0 Å². The van der Waals surface area contributed by atoms with Crippen LogP contribution >= 0.6 is 11.6 Å². The van der Waals surface area contributed by atoms with Gasteiger partial charge in [-0.1, -0.05) is 29.8 Å². The van der Waals surface area contributed by atoms with Gasteiger partial charge in [0.2, 0.25) is 0 Å². The van der Waals surface area contributed by atoms with E-state index in [-0.39, 0.29) is 23.9 Å². The van der Waals surface area contributed by atoms with E-state index in [1.54, 1.807) is 12.1 Å². The number of rotatable bonds is 4.